The molecule has 19 heavy (non-hydrogen) atoms. The minimum Gasteiger partial charge on any atom is -0.465 e. The van der Waals surface area contributed by atoms with Gasteiger partial charge in [-0.25, -0.2) is 0 Å². The van der Waals surface area contributed by atoms with E-state index >= 15 is 0 Å². The maximum atomic E-state index is 11.3. The highest BCUT2D eigenvalue weighted by Crippen LogP contribution is 2.19. The van der Waals surface area contributed by atoms with Crippen LogP contribution in [0.4, 0.5) is 0 Å². The van der Waals surface area contributed by atoms with E-state index in [4.69, 9.17) is 4.74 Å². The molecule has 2 rings (SSSR count). The van der Waals surface area contributed by atoms with Gasteiger partial charge in [-0.3, -0.25) is 4.79 Å². The molecule has 2 aromatic rings. The standard InChI is InChI=1S/C16H19NO2/c1-3-19-16(18)11-17-12(2)14-9-8-13-6-4-5-7-15(13)10-14/h4-10,12,17H,3,11H2,1-2H3. The van der Waals surface area contributed by atoms with Crippen LogP contribution in [0, 0.1) is 0 Å². The maximum Gasteiger partial charge on any atom is 0.319 e. The molecule has 0 aliphatic carbocycles. The van der Waals surface area contributed by atoms with Crippen LogP contribution in [0.15, 0.2) is 42.5 Å². The number of carbonyl (C=O) groups excluding carboxylic acids is 1. The summed E-state index contributed by atoms with van der Waals surface area (Å²) >= 11 is 0. The zero-order chi connectivity index (χ0) is 13.7. The molecule has 0 aromatic heterocycles. The first-order chi connectivity index (χ1) is 9.20. The van der Waals surface area contributed by atoms with Crippen molar-refractivity contribution in [1.29, 1.82) is 0 Å². The lowest BCUT2D eigenvalue weighted by Gasteiger charge is -2.14. The van der Waals surface area contributed by atoms with E-state index in [0.717, 1.165) is 0 Å². The predicted molar refractivity (Wildman–Crippen MR) is 77.0 cm³/mol. The summed E-state index contributed by atoms with van der Waals surface area (Å²) < 4.78 is 4.90. The molecule has 0 bridgehead atoms. The van der Waals surface area contributed by atoms with Gasteiger partial charge in [0, 0.05) is 6.04 Å². The summed E-state index contributed by atoms with van der Waals surface area (Å²) in [6.07, 6.45) is 0. The third-order valence-electron chi connectivity index (χ3n) is 3.13. The van der Waals surface area contributed by atoms with E-state index in [1.807, 2.05) is 26.0 Å². The Morgan fingerprint density at radius 2 is 1.95 bits per heavy atom. The van der Waals surface area contributed by atoms with Gasteiger partial charge < -0.3 is 10.1 Å². The van der Waals surface area contributed by atoms with E-state index in [9.17, 15) is 4.79 Å². The highest BCUT2D eigenvalue weighted by molar-refractivity contribution is 5.83. The molecule has 0 amide bonds. The second kappa shape index (κ2) is 6.34. The lowest BCUT2D eigenvalue weighted by molar-refractivity contribution is -0.142. The van der Waals surface area contributed by atoms with Crippen molar-refractivity contribution in [2.75, 3.05) is 13.2 Å². The summed E-state index contributed by atoms with van der Waals surface area (Å²) in [5.41, 5.74) is 1.17. The van der Waals surface area contributed by atoms with Gasteiger partial charge in [0.1, 0.15) is 0 Å². The molecule has 0 heterocycles. The fraction of sp³-hybridized carbons (Fsp3) is 0.312. The number of rotatable bonds is 5. The van der Waals surface area contributed by atoms with Crippen molar-refractivity contribution >= 4 is 16.7 Å². The van der Waals surface area contributed by atoms with Crippen LogP contribution in [0.2, 0.25) is 0 Å². The van der Waals surface area contributed by atoms with Crippen LogP contribution in [-0.2, 0) is 9.53 Å². The summed E-state index contributed by atoms with van der Waals surface area (Å²) in [7, 11) is 0. The third kappa shape index (κ3) is 3.55. The van der Waals surface area contributed by atoms with Gasteiger partial charge in [0.05, 0.1) is 13.2 Å². The Balaban J connectivity index is 2.04. The lowest BCUT2D eigenvalue weighted by Crippen LogP contribution is -2.27. The Morgan fingerprint density at radius 1 is 1.21 bits per heavy atom. The number of fused-ring (bicyclic) bond motifs is 1. The highest BCUT2D eigenvalue weighted by atomic mass is 16.5. The molecule has 1 atom stereocenters. The average molecular weight is 257 g/mol. The largest absolute Gasteiger partial charge is 0.465 e. The molecule has 0 radical (unpaired) electrons. The van der Waals surface area contributed by atoms with E-state index < -0.39 is 0 Å². The van der Waals surface area contributed by atoms with Gasteiger partial charge in [-0.2, -0.15) is 0 Å². The highest BCUT2D eigenvalue weighted by Gasteiger charge is 2.08. The average Bonchev–Trinajstić information content (AvgIpc) is 2.44. The molecule has 2 aromatic carbocycles. The molecule has 1 N–H and O–H groups in total. The van der Waals surface area contributed by atoms with Crippen LogP contribution >= 0.6 is 0 Å². The van der Waals surface area contributed by atoms with Crippen molar-refractivity contribution in [2.24, 2.45) is 0 Å². The van der Waals surface area contributed by atoms with Crippen LogP contribution in [0.25, 0.3) is 10.8 Å². The molecule has 0 saturated heterocycles. The monoisotopic (exact) mass is 257 g/mol. The molecule has 1 unspecified atom stereocenters. The zero-order valence-corrected chi connectivity index (χ0v) is 11.3. The minimum atomic E-state index is -0.213. The number of benzene rings is 2. The summed E-state index contributed by atoms with van der Waals surface area (Å²) in [4.78, 5) is 11.3. The molecular formula is C16H19NO2. The molecular weight excluding hydrogens is 238 g/mol. The lowest BCUT2D eigenvalue weighted by atomic mass is 10.0. The van der Waals surface area contributed by atoms with Crippen molar-refractivity contribution in [1.82, 2.24) is 5.32 Å². The normalized spacial score (nSPS) is 12.3. The second-order valence-corrected chi connectivity index (χ2v) is 4.51. The molecule has 0 saturated carbocycles. The number of ether oxygens (including phenoxy) is 1. The number of hydrogen-bond donors (Lipinski definition) is 1. The second-order valence-electron chi connectivity index (χ2n) is 4.51. The van der Waals surface area contributed by atoms with Gasteiger partial charge >= 0.3 is 5.97 Å². The Hall–Kier alpha value is -1.87. The quantitative estimate of drug-likeness (QED) is 0.837. The van der Waals surface area contributed by atoms with E-state index in [-0.39, 0.29) is 18.6 Å². The molecule has 0 fully saturated rings. The van der Waals surface area contributed by atoms with Crippen molar-refractivity contribution < 1.29 is 9.53 Å². The zero-order valence-electron chi connectivity index (χ0n) is 11.3. The Bertz CT molecular complexity index is 565. The molecule has 3 heteroatoms. The van der Waals surface area contributed by atoms with Gasteiger partial charge in [0.25, 0.3) is 0 Å². The first-order valence-electron chi connectivity index (χ1n) is 6.58. The van der Waals surface area contributed by atoms with Gasteiger partial charge in [-0.15, -0.1) is 0 Å². The van der Waals surface area contributed by atoms with Gasteiger partial charge in [-0.1, -0.05) is 36.4 Å². The van der Waals surface area contributed by atoms with Gasteiger partial charge in [0.2, 0.25) is 0 Å². The van der Waals surface area contributed by atoms with Crippen molar-refractivity contribution in [3.8, 4) is 0 Å². The third-order valence-corrected chi connectivity index (χ3v) is 3.13. The fourth-order valence-corrected chi connectivity index (χ4v) is 2.04. The Labute approximate surface area is 113 Å². The Morgan fingerprint density at radius 3 is 2.68 bits per heavy atom. The molecule has 0 aliphatic rings. The first-order valence-corrected chi connectivity index (χ1v) is 6.58. The fourth-order valence-electron chi connectivity index (χ4n) is 2.04. The summed E-state index contributed by atoms with van der Waals surface area (Å²) in [6, 6.07) is 14.7. The molecule has 100 valence electrons. The minimum absolute atomic E-state index is 0.119. The van der Waals surface area contributed by atoms with Crippen LogP contribution in [-0.4, -0.2) is 19.1 Å². The number of nitrogens with one attached hydrogen (secondary N) is 1. The van der Waals surface area contributed by atoms with Crippen LogP contribution in [0.1, 0.15) is 25.5 Å². The van der Waals surface area contributed by atoms with Crippen LogP contribution in [0.3, 0.4) is 0 Å². The van der Waals surface area contributed by atoms with Crippen LogP contribution in [0.5, 0.6) is 0 Å². The topological polar surface area (TPSA) is 38.3 Å². The van der Waals surface area contributed by atoms with E-state index in [1.165, 1.54) is 16.3 Å². The smallest absolute Gasteiger partial charge is 0.319 e. The van der Waals surface area contributed by atoms with Gasteiger partial charge in [0.15, 0.2) is 0 Å². The maximum absolute atomic E-state index is 11.3. The van der Waals surface area contributed by atoms with E-state index in [0.29, 0.717) is 6.61 Å². The molecule has 0 aliphatic heterocycles. The van der Waals surface area contributed by atoms with Crippen molar-refractivity contribution in [3.63, 3.8) is 0 Å². The van der Waals surface area contributed by atoms with E-state index in [2.05, 4.69) is 35.6 Å². The van der Waals surface area contributed by atoms with Crippen LogP contribution < -0.4 is 5.32 Å². The summed E-state index contributed by atoms with van der Waals surface area (Å²) in [5.74, 6) is -0.213. The molecule has 0 spiro atoms. The van der Waals surface area contributed by atoms with E-state index in [1.54, 1.807) is 0 Å². The molecule has 3 nitrogen and oxygen atoms in total. The van der Waals surface area contributed by atoms with Crippen molar-refractivity contribution in [2.45, 2.75) is 19.9 Å². The van der Waals surface area contributed by atoms with Crippen molar-refractivity contribution in [3.05, 3.63) is 48.0 Å². The Kier molecular flexibility index (Phi) is 4.53. The predicted octanol–water partition coefficient (Wildman–Crippen LogP) is 3.05. The number of esters is 1. The SMILES string of the molecule is CCOC(=O)CNC(C)c1ccc2ccccc2c1. The summed E-state index contributed by atoms with van der Waals surface area (Å²) in [6.45, 7) is 4.51. The number of carbonyl (C=O) groups is 1. The van der Waals surface area contributed by atoms with Gasteiger partial charge in [-0.05, 0) is 36.2 Å². The summed E-state index contributed by atoms with van der Waals surface area (Å²) in [5, 5.41) is 5.61. The first kappa shape index (κ1) is 13.6. The number of hydrogen-bond acceptors (Lipinski definition) is 3.